The minimum atomic E-state index is -4.04. The van der Waals surface area contributed by atoms with E-state index in [4.69, 9.17) is 11.0 Å². The minimum absolute atomic E-state index is 0.0422. The van der Waals surface area contributed by atoms with Gasteiger partial charge in [0, 0.05) is 22.8 Å². The van der Waals surface area contributed by atoms with Crippen LogP contribution >= 0.6 is 0 Å². The number of benzene rings is 1. The predicted octanol–water partition coefficient (Wildman–Crippen LogP) is 4.67. The quantitative estimate of drug-likeness (QED) is 0.441. The molecule has 0 radical (unpaired) electrons. The van der Waals surface area contributed by atoms with Gasteiger partial charge in [0.2, 0.25) is 0 Å². The molecule has 4 rings (SSSR count). The third-order valence-electron chi connectivity index (χ3n) is 6.95. The van der Waals surface area contributed by atoms with Gasteiger partial charge in [0.05, 0.1) is 17.5 Å². The van der Waals surface area contributed by atoms with Crippen molar-refractivity contribution in [1.29, 1.82) is 5.26 Å². The Hall–Kier alpha value is -3.72. The highest BCUT2D eigenvalue weighted by Crippen LogP contribution is 2.41. The molecule has 0 saturated carbocycles. The first kappa shape index (κ1) is 27.3. The fourth-order valence-corrected chi connectivity index (χ4v) is 6.51. The molecule has 12 heteroatoms. The number of aliphatic imine (C=N–C) groups is 1. The van der Waals surface area contributed by atoms with E-state index in [0.717, 1.165) is 12.3 Å². The van der Waals surface area contributed by atoms with Crippen LogP contribution in [-0.2, 0) is 15.4 Å². The van der Waals surface area contributed by atoms with Crippen LogP contribution in [0.3, 0.4) is 0 Å². The molecule has 0 spiro atoms. The summed E-state index contributed by atoms with van der Waals surface area (Å²) in [5.41, 5.74) is 4.25. The maximum Gasteiger partial charge on any atom is 0.165 e. The van der Waals surface area contributed by atoms with Crippen LogP contribution in [0.25, 0.3) is 10.9 Å². The van der Waals surface area contributed by atoms with Gasteiger partial charge in [-0.2, -0.15) is 5.26 Å². The maximum absolute atomic E-state index is 15.1. The van der Waals surface area contributed by atoms with Gasteiger partial charge < -0.3 is 11.1 Å². The lowest BCUT2D eigenvalue weighted by Crippen LogP contribution is -2.58. The summed E-state index contributed by atoms with van der Waals surface area (Å²) in [6.45, 7) is 4.06. The topological polar surface area (TPSA) is 134 Å². The third-order valence-corrected chi connectivity index (χ3v) is 9.59. The van der Waals surface area contributed by atoms with E-state index in [2.05, 4.69) is 20.3 Å². The van der Waals surface area contributed by atoms with E-state index in [9.17, 15) is 17.2 Å². The molecule has 8 nitrogen and oxygen atoms in total. The van der Waals surface area contributed by atoms with Gasteiger partial charge in [0.25, 0.3) is 0 Å². The Kier molecular flexibility index (Phi) is 7.09. The molecule has 200 valence electrons. The van der Waals surface area contributed by atoms with Crippen LogP contribution in [0.15, 0.2) is 41.7 Å². The van der Waals surface area contributed by atoms with Gasteiger partial charge in [-0.05, 0) is 49.9 Å². The fraction of sp³-hybridized carbons (Fsp3) is 0.385. The Balaban J connectivity index is 1.78. The number of nitrogens with two attached hydrogens (primary N) is 1. The molecular formula is C26H27F3N6O2S. The van der Waals surface area contributed by atoms with Crippen molar-refractivity contribution < 1.29 is 21.6 Å². The average molecular weight is 545 g/mol. The number of amidine groups is 1. The lowest BCUT2D eigenvalue weighted by molar-refractivity contribution is 0.321. The average Bonchev–Trinajstić information content (AvgIpc) is 2.88. The van der Waals surface area contributed by atoms with Crippen molar-refractivity contribution in [2.75, 3.05) is 17.7 Å². The van der Waals surface area contributed by atoms with Crippen molar-refractivity contribution >= 4 is 38.1 Å². The van der Waals surface area contributed by atoms with Crippen LogP contribution in [0, 0.1) is 28.9 Å². The van der Waals surface area contributed by atoms with Gasteiger partial charge >= 0.3 is 0 Å². The molecule has 3 N–H and O–H groups in total. The molecule has 38 heavy (non-hydrogen) atoms. The number of alkyl halides is 1. The van der Waals surface area contributed by atoms with Crippen molar-refractivity contribution in [3.05, 3.63) is 59.4 Å². The number of nitrogens with zero attached hydrogens (tertiary/aromatic N) is 4. The van der Waals surface area contributed by atoms with Gasteiger partial charge in [-0.25, -0.2) is 26.6 Å². The van der Waals surface area contributed by atoms with E-state index >= 15 is 4.39 Å². The molecule has 2 unspecified atom stereocenters. The summed E-state index contributed by atoms with van der Waals surface area (Å²) >= 11 is 0. The zero-order valence-corrected chi connectivity index (χ0v) is 21.9. The number of hydrogen-bond donors (Lipinski definition) is 2. The summed E-state index contributed by atoms with van der Waals surface area (Å²) in [6.07, 6.45) is 2.96. The number of anilines is 2. The number of fused-ring (bicyclic) bond motifs is 1. The Bertz CT molecular complexity index is 1590. The first-order valence-corrected chi connectivity index (χ1v) is 13.6. The molecular weight excluding hydrogens is 517 g/mol. The second-order valence-electron chi connectivity index (χ2n) is 10.1. The van der Waals surface area contributed by atoms with Crippen molar-refractivity contribution in [3.63, 3.8) is 0 Å². The highest BCUT2D eigenvalue weighted by Gasteiger charge is 2.54. The van der Waals surface area contributed by atoms with E-state index < -0.39 is 44.2 Å². The van der Waals surface area contributed by atoms with Crippen LogP contribution in [0.4, 0.5) is 24.7 Å². The van der Waals surface area contributed by atoms with Crippen molar-refractivity contribution in [2.24, 2.45) is 16.6 Å². The second kappa shape index (κ2) is 9.87. The lowest BCUT2D eigenvalue weighted by Gasteiger charge is -2.40. The van der Waals surface area contributed by atoms with Crippen molar-refractivity contribution in [3.8, 4) is 6.07 Å². The van der Waals surface area contributed by atoms with E-state index in [-0.39, 0.29) is 51.7 Å². The van der Waals surface area contributed by atoms with E-state index in [0.29, 0.717) is 6.42 Å². The molecule has 1 aliphatic heterocycles. The standard InChI is InChI=1S/C26H27F3N6O2S/c1-15(2)6-7-25(3)24(31)35-26(13-27,14-38(25,36)37)19-9-17(4-5-20(19)28)34-23-22-18(21(29)12-33-23)8-16(10-30)11-32-22/h4-5,8-9,11-12,15H,6-7,13-14H2,1-3H3,(H2,31,35)(H,33,34). The molecule has 0 saturated heterocycles. The molecule has 0 bridgehead atoms. The van der Waals surface area contributed by atoms with Crippen molar-refractivity contribution in [2.45, 2.75) is 43.9 Å². The number of pyridine rings is 2. The molecule has 3 aromatic rings. The van der Waals surface area contributed by atoms with Gasteiger partial charge in [0.1, 0.15) is 40.2 Å². The highest BCUT2D eigenvalue weighted by molar-refractivity contribution is 7.93. The Morgan fingerprint density at radius 1 is 1.18 bits per heavy atom. The number of rotatable bonds is 7. The number of halogens is 3. The van der Waals surface area contributed by atoms with E-state index in [1.807, 2.05) is 19.9 Å². The number of sulfone groups is 1. The Morgan fingerprint density at radius 2 is 1.92 bits per heavy atom. The Morgan fingerprint density at radius 3 is 2.55 bits per heavy atom. The van der Waals surface area contributed by atoms with Crippen LogP contribution in [0.5, 0.6) is 0 Å². The lowest BCUT2D eigenvalue weighted by atomic mass is 9.90. The SMILES string of the molecule is CC(C)CCC1(C)C(N)=NC(CF)(c2cc(Nc3ncc(F)c4cc(C#N)cnc34)ccc2F)CS1(=O)=O. The zero-order valence-electron chi connectivity index (χ0n) is 21.1. The summed E-state index contributed by atoms with van der Waals surface area (Å²) in [7, 11) is -4.04. The van der Waals surface area contributed by atoms with Crippen molar-refractivity contribution in [1.82, 2.24) is 9.97 Å². The summed E-state index contributed by atoms with van der Waals surface area (Å²) in [5, 5.41) is 12.0. The van der Waals surface area contributed by atoms with Crippen LogP contribution < -0.4 is 11.1 Å². The largest absolute Gasteiger partial charge is 0.386 e. The second-order valence-corrected chi connectivity index (χ2v) is 12.5. The zero-order chi connectivity index (χ0) is 27.9. The molecule has 0 aliphatic carbocycles. The van der Waals surface area contributed by atoms with Crippen LogP contribution in [-0.4, -0.2) is 41.4 Å². The van der Waals surface area contributed by atoms with Gasteiger partial charge in [-0.15, -0.1) is 0 Å². The summed E-state index contributed by atoms with van der Waals surface area (Å²) < 4.78 is 69.5. The number of aromatic nitrogens is 2. The first-order valence-electron chi connectivity index (χ1n) is 11.9. The third kappa shape index (κ3) is 4.67. The summed E-state index contributed by atoms with van der Waals surface area (Å²) in [5.74, 6) is -2.27. The van der Waals surface area contributed by atoms with Gasteiger partial charge in [-0.3, -0.25) is 9.98 Å². The molecule has 3 heterocycles. The van der Waals surface area contributed by atoms with E-state index in [1.165, 1.54) is 31.3 Å². The Labute approximate surface area is 218 Å². The van der Waals surface area contributed by atoms with Gasteiger partial charge in [0.15, 0.2) is 21.5 Å². The number of nitrogens with one attached hydrogen (secondary N) is 1. The molecule has 1 aliphatic rings. The number of nitriles is 1. The fourth-order valence-electron chi connectivity index (χ4n) is 4.48. The molecule has 2 aromatic heterocycles. The molecule has 0 amide bonds. The van der Waals surface area contributed by atoms with Gasteiger partial charge in [-0.1, -0.05) is 13.8 Å². The smallest absolute Gasteiger partial charge is 0.165 e. The molecule has 0 fully saturated rings. The highest BCUT2D eigenvalue weighted by atomic mass is 32.2. The monoisotopic (exact) mass is 544 g/mol. The minimum Gasteiger partial charge on any atom is -0.386 e. The summed E-state index contributed by atoms with van der Waals surface area (Å²) in [6, 6.07) is 6.82. The molecule has 2 atom stereocenters. The number of hydrogen-bond acceptors (Lipinski definition) is 8. The normalized spacial score (nSPS) is 22.7. The van der Waals surface area contributed by atoms with E-state index in [1.54, 1.807) is 0 Å². The molecule has 1 aromatic carbocycles. The predicted molar refractivity (Wildman–Crippen MR) is 139 cm³/mol. The summed E-state index contributed by atoms with van der Waals surface area (Å²) in [4.78, 5) is 12.4. The first-order chi connectivity index (χ1) is 17.9. The van der Waals surface area contributed by atoms with Crippen LogP contribution in [0.1, 0.15) is 44.7 Å². The van der Waals surface area contributed by atoms with Crippen LogP contribution in [0.2, 0.25) is 0 Å². The maximum atomic E-state index is 15.1.